The van der Waals surface area contributed by atoms with E-state index in [4.69, 9.17) is 5.73 Å². The summed E-state index contributed by atoms with van der Waals surface area (Å²) >= 11 is 0. The van der Waals surface area contributed by atoms with Gasteiger partial charge >= 0.3 is 12.1 Å². The van der Waals surface area contributed by atoms with Gasteiger partial charge in [-0.25, -0.2) is 4.79 Å². The van der Waals surface area contributed by atoms with E-state index in [1.807, 2.05) is 0 Å². The van der Waals surface area contributed by atoms with Crippen molar-refractivity contribution in [2.75, 3.05) is 13.1 Å². The molecule has 0 spiro atoms. The van der Waals surface area contributed by atoms with Gasteiger partial charge in [-0.15, -0.1) is 5.06 Å². The lowest BCUT2D eigenvalue weighted by molar-refractivity contribution is -0.235. The highest BCUT2D eigenvalue weighted by atomic mass is 19.4. The topological polar surface area (TPSA) is 72.6 Å². The van der Waals surface area contributed by atoms with Crippen molar-refractivity contribution in [2.45, 2.75) is 12.6 Å². The van der Waals surface area contributed by atoms with Crippen LogP contribution in [0.15, 0.2) is 0 Å². The van der Waals surface area contributed by atoms with Crippen molar-refractivity contribution in [1.82, 2.24) is 5.06 Å². The average molecular weight is 226 g/mol. The number of nitrogens with zero attached hydrogens (tertiary/aromatic N) is 1. The summed E-state index contributed by atoms with van der Waals surface area (Å²) in [6.07, 6.45) is -4.73. The van der Waals surface area contributed by atoms with E-state index in [-0.39, 0.29) is 13.1 Å². The van der Waals surface area contributed by atoms with Gasteiger partial charge in [0.25, 0.3) is 0 Å². The van der Waals surface area contributed by atoms with Crippen molar-refractivity contribution in [3.05, 3.63) is 0 Å². The molecule has 1 aliphatic heterocycles. The Bertz CT molecular complexity index is 279. The van der Waals surface area contributed by atoms with Gasteiger partial charge in [0.1, 0.15) is 0 Å². The number of carbonyl (C=O) groups excluding carboxylic acids is 2. The summed E-state index contributed by atoms with van der Waals surface area (Å²) < 4.78 is 35.3. The molecule has 1 rings (SSSR count). The number of primary amides is 1. The molecule has 1 saturated heterocycles. The van der Waals surface area contributed by atoms with Gasteiger partial charge in [-0.05, 0) is 6.42 Å². The number of hydrogen-bond donors (Lipinski definition) is 1. The molecular weight excluding hydrogens is 217 g/mol. The van der Waals surface area contributed by atoms with Crippen LogP contribution in [-0.2, 0) is 14.4 Å². The molecule has 0 aromatic heterocycles. The zero-order chi connectivity index (χ0) is 11.6. The molecule has 0 unspecified atom stereocenters. The Kier molecular flexibility index (Phi) is 3.18. The number of hydrogen-bond acceptors (Lipinski definition) is 4. The van der Waals surface area contributed by atoms with Crippen LogP contribution in [-0.4, -0.2) is 36.2 Å². The molecule has 2 N–H and O–H groups in total. The zero-order valence-electron chi connectivity index (χ0n) is 7.58. The molecule has 1 aliphatic rings. The molecule has 0 radical (unpaired) electrons. The molecule has 0 saturated carbocycles. The maximum Gasteiger partial charge on any atom is 0.492 e. The Morgan fingerprint density at radius 1 is 1.40 bits per heavy atom. The zero-order valence-corrected chi connectivity index (χ0v) is 7.58. The molecule has 8 heteroatoms. The van der Waals surface area contributed by atoms with Crippen molar-refractivity contribution in [3.8, 4) is 0 Å². The lowest BCUT2D eigenvalue weighted by Gasteiger charge is -2.15. The number of nitrogens with two attached hydrogens (primary N) is 1. The summed E-state index contributed by atoms with van der Waals surface area (Å²) in [5, 5.41) is 0.797. The van der Waals surface area contributed by atoms with Gasteiger partial charge in [0.15, 0.2) is 0 Å². The summed E-state index contributed by atoms with van der Waals surface area (Å²) in [5.74, 6) is -3.46. The van der Waals surface area contributed by atoms with Crippen molar-refractivity contribution in [2.24, 2.45) is 11.7 Å². The molecule has 0 aliphatic carbocycles. The fourth-order valence-corrected chi connectivity index (χ4v) is 1.21. The molecule has 0 aromatic rings. The van der Waals surface area contributed by atoms with Crippen LogP contribution in [0.4, 0.5) is 13.2 Å². The van der Waals surface area contributed by atoms with E-state index in [2.05, 4.69) is 4.84 Å². The molecular formula is C7H9F3N2O3. The monoisotopic (exact) mass is 226 g/mol. The predicted octanol–water partition coefficient (Wildman–Crippen LogP) is -0.186. The minimum Gasteiger partial charge on any atom is -0.369 e. The molecule has 1 fully saturated rings. The van der Waals surface area contributed by atoms with Crippen molar-refractivity contribution < 1.29 is 27.6 Å². The maximum absolute atomic E-state index is 11.8. The van der Waals surface area contributed by atoms with Crippen LogP contribution in [0.25, 0.3) is 0 Å². The Morgan fingerprint density at radius 2 is 2.00 bits per heavy atom. The Hall–Kier alpha value is -1.31. The number of carbonyl (C=O) groups is 2. The van der Waals surface area contributed by atoms with Gasteiger partial charge < -0.3 is 10.6 Å². The Morgan fingerprint density at radius 3 is 2.40 bits per heavy atom. The first-order chi connectivity index (χ1) is 6.80. The van der Waals surface area contributed by atoms with Gasteiger partial charge in [0.05, 0.1) is 5.92 Å². The Labute approximate surface area is 82.9 Å². The van der Waals surface area contributed by atoms with Crippen LogP contribution in [0.3, 0.4) is 0 Å². The highest BCUT2D eigenvalue weighted by molar-refractivity contribution is 5.77. The van der Waals surface area contributed by atoms with E-state index in [1.165, 1.54) is 0 Å². The van der Waals surface area contributed by atoms with E-state index in [9.17, 15) is 22.8 Å². The SMILES string of the molecule is NC(=O)[C@@H]1CCN(OC(=O)C(F)(F)F)C1. The van der Waals surface area contributed by atoms with Crippen LogP contribution in [0, 0.1) is 5.92 Å². The molecule has 5 nitrogen and oxygen atoms in total. The molecule has 0 bridgehead atoms. The largest absolute Gasteiger partial charge is 0.492 e. The maximum atomic E-state index is 11.8. The second-order valence-electron chi connectivity index (χ2n) is 3.15. The number of alkyl halides is 3. The summed E-state index contributed by atoms with van der Waals surface area (Å²) in [4.78, 5) is 25.1. The lowest BCUT2D eigenvalue weighted by atomic mass is 10.1. The van der Waals surface area contributed by atoms with Gasteiger partial charge in [-0.3, -0.25) is 4.79 Å². The fourth-order valence-electron chi connectivity index (χ4n) is 1.21. The summed E-state index contributed by atoms with van der Waals surface area (Å²) in [6.45, 7) is -0.00736. The first-order valence-corrected chi connectivity index (χ1v) is 4.14. The number of rotatable bonds is 2. The normalized spacial score (nSPS) is 22.7. The summed E-state index contributed by atoms with van der Waals surface area (Å²) in [7, 11) is 0. The van der Waals surface area contributed by atoms with Gasteiger partial charge in [0.2, 0.25) is 5.91 Å². The first-order valence-electron chi connectivity index (χ1n) is 4.14. The van der Waals surface area contributed by atoms with E-state index in [1.54, 1.807) is 0 Å². The molecule has 1 heterocycles. The van der Waals surface area contributed by atoms with Gasteiger partial charge in [0, 0.05) is 13.1 Å². The average Bonchev–Trinajstić information content (AvgIpc) is 2.50. The van der Waals surface area contributed by atoms with Crippen molar-refractivity contribution in [1.29, 1.82) is 0 Å². The third-order valence-corrected chi connectivity index (χ3v) is 2.00. The predicted molar refractivity (Wildman–Crippen MR) is 41.0 cm³/mol. The Balaban J connectivity index is 2.43. The minimum atomic E-state index is -5.02. The fraction of sp³-hybridized carbons (Fsp3) is 0.714. The number of amides is 1. The summed E-state index contributed by atoms with van der Waals surface area (Å²) in [5.41, 5.74) is 4.95. The molecule has 0 aromatic carbocycles. The van der Waals surface area contributed by atoms with E-state index in [0.717, 1.165) is 5.06 Å². The minimum absolute atomic E-state index is 0.0788. The molecule has 15 heavy (non-hydrogen) atoms. The second-order valence-corrected chi connectivity index (χ2v) is 3.15. The smallest absolute Gasteiger partial charge is 0.369 e. The van der Waals surface area contributed by atoms with Crippen molar-refractivity contribution >= 4 is 11.9 Å². The van der Waals surface area contributed by atoms with Crippen LogP contribution >= 0.6 is 0 Å². The van der Waals surface area contributed by atoms with Crippen LogP contribution in [0.1, 0.15) is 6.42 Å². The number of halogens is 3. The first kappa shape index (κ1) is 11.8. The lowest BCUT2D eigenvalue weighted by Crippen LogP contribution is -2.34. The van der Waals surface area contributed by atoms with E-state index >= 15 is 0 Å². The summed E-state index contributed by atoms with van der Waals surface area (Å²) in [6, 6.07) is 0. The van der Waals surface area contributed by atoms with Crippen LogP contribution < -0.4 is 5.73 Å². The third kappa shape index (κ3) is 3.08. The molecule has 1 amide bonds. The number of hydroxylamine groups is 2. The van der Waals surface area contributed by atoms with Crippen molar-refractivity contribution in [3.63, 3.8) is 0 Å². The second kappa shape index (κ2) is 4.05. The standard InChI is InChI=1S/C7H9F3N2O3/c8-7(9,10)6(14)15-12-2-1-4(3-12)5(11)13/h4H,1-3H2,(H2,11,13)/t4-/m1/s1. The molecule has 86 valence electrons. The van der Waals surface area contributed by atoms with E-state index in [0.29, 0.717) is 6.42 Å². The third-order valence-electron chi connectivity index (χ3n) is 2.00. The molecule has 1 atom stereocenters. The van der Waals surface area contributed by atoms with Gasteiger partial charge in [-0.1, -0.05) is 0 Å². The highest BCUT2D eigenvalue weighted by Crippen LogP contribution is 2.21. The van der Waals surface area contributed by atoms with Crippen LogP contribution in [0.2, 0.25) is 0 Å². The van der Waals surface area contributed by atoms with Crippen LogP contribution in [0.5, 0.6) is 0 Å². The van der Waals surface area contributed by atoms with Gasteiger partial charge in [-0.2, -0.15) is 13.2 Å². The highest BCUT2D eigenvalue weighted by Gasteiger charge is 2.43. The quantitative estimate of drug-likeness (QED) is 0.708. The van der Waals surface area contributed by atoms with E-state index < -0.39 is 24.0 Å².